The Morgan fingerprint density at radius 1 is 1.04 bits per heavy atom. The number of rotatable bonds is 10. The Bertz CT molecular complexity index is 520. The van der Waals surface area contributed by atoms with Gasteiger partial charge < -0.3 is 14.4 Å². The first-order valence-corrected chi connectivity index (χ1v) is 8.65. The first-order chi connectivity index (χ1) is 10.6. The number of alkyl halides is 5. The third-order valence-corrected chi connectivity index (χ3v) is 4.06. The van der Waals surface area contributed by atoms with Gasteiger partial charge >= 0.3 is 12.1 Å². The average molecular weight is 384 g/mol. The van der Waals surface area contributed by atoms with Crippen LogP contribution in [0.3, 0.4) is 0 Å². The fraction of sp³-hybridized carbons (Fsp3) is 0.917. The van der Waals surface area contributed by atoms with Gasteiger partial charge in [0.2, 0.25) is 0 Å². The van der Waals surface area contributed by atoms with Crippen molar-refractivity contribution in [1.29, 1.82) is 0 Å². The molecule has 0 aromatic heterocycles. The summed E-state index contributed by atoms with van der Waals surface area (Å²) in [6.45, 7) is 0.505. The van der Waals surface area contributed by atoms with Crippen molar-refractivity contribution in [3.8, 4) is 0 Å². The molecule has 0 saturated heterocycles. The second kappa shape index (κ2) is 8.39. The normalized spacial score (nSPS) is 13.8. The molecule has 0 rings (SSSR count). The maximum Gasteiger partial charge on any atom is 0.463 e. The van der Waals surface area contributed by atoms with Crippen molar-refractivity contribution in [2.45, 2.75) is 31.4 Å². The molecule has 0 spiro atoms. The second-order valence-corrected chi connectivity index (χ2v) is 7.56. The Balaban J connectivity index is 4.11. The molecule has 0 aliphatic rings. The Morgan fingerprint density at radius 2 is 1.54 bits per heavy atom. The maximum atomic E-state index is 12.7. The van der Waals surface area contributed by atoms with Gasteiger partial charge in [-0.25, -0.2) is 8.42 Å². The third kappa shape index (κ3) is 8.73. The highest BCUT2D eigenvalue weighted by molar-refractivity contribution is 7.85. The van der Waals surface area contributed by atoms with E-state index in [-0.39, 0.29) is 19.4 Å². The number of hydrogen-bond acceptors (Lipinski definition) is 4. The summed E-state index contributed by atoms with van der Waals surface area (Å²) in [5, 5.41) is 1.55. The zero-order valence-corrected chi connectivity index (χ0v) is 14.1. The number of carbonyl (C=O) groups excluding carboxylic acids is 1. The minimum atomic E-state index is -5.94. The van der Waals surface area contributed by atoms with Gasteiger partial charge in [-0.2, -0.15) is 22.0 Å². The molecule has 1 amide bonds. The van der Waals surface area contributed by atoms with Crippen LogP contribution in [0.4, 0.5) is 22.0 Å². The number of hydrogen-bond donors (Lipinski definition) is 1. The lowest BCUT2D eigenvalue weighted by atomic mass is 10.2. The Hall–Kier alpha value is -1.01. The minimum absolute atomic E-state index is 0.159. The van der Waals surface area contributed by atoms with E-state index in [0.29, 0.717) is 24.0 Å². The summed E-state index contributed by atoms with van der Waals surface area (Å²) in [5.41, 5.74) is 0. The highest BCUT2D eigenvalue weighted by Crippen LogP contribution is 2.35. The van der Waals surface area contributed by atoms with E-state index in [1.165, 1.54) is 0 Å². The van der Waals surface area contributed by atoms with Crippen LogP contribution >= 0.6 is 0 Å². The van der Waals surface area contributed by atoms with Gasteiger partial charge in [-0.05, 0) is 12.8 Å². The molecule has 0 bridgehead atoms. The number of carbonyl (C=O) groups is 1. The van der Waals surface area contributed by atoms with E-state index in [9.17, 15) is 39.7 Å². The first kappa shape index (κ1) is 23.0. The summed E-state index contributed by atoms with van der Waals surface area (Å²) >= 11 is 0. The Kier molecular flexibility index (Phi) is 8.03. The maximum absolute atomic E-state index is 12.7. The van der Waals surface area contributed by atoms with E-state index >= 15 is 0 Å². The van der Waals surface area contributed by atoms with Crippen molar-refractivity contribution >= 4 is 16.0 Å². The summed E-state index contributed by atoms with van der Waals surface area (Å²) in [4.78, 5) is 10.9. The van der Waals surface area contributed by atoms with Gasteiger partial charge in [-0.3, -0.25) is 4.79 Å². The molecular formula is C12H21F5N2O4S. The molecule has 6 nitrogen and oxygen atoms in total. The van der Waals surface area contributed by atoms with E-state index in [2.05, 4.69) is 0 Å². The quantitative estimate of drug-likeness (QED) is 0.264. The van der Waals surface area contributed by atoms with Crippen LogP contribution in [0.5, 0.6) is 0 Å². The number of amides is 1. The fourth-order valence-corrected chi connectivity index (χ4v) is 2.44. The van der Waals surface area contributed by atoms with Crippen molar-refractivity contribution < 1.29 is 44.2 Å². The fourth-order valence-electron chi connectivity index (χ4n) is 1.88. The number of quaternary nitrogens is 1. The summed E-state index contributed by atoms with van der Waals surface area (Å²) in [6, 6.07) is 0. The SMILES string of the molecule is C[N+](C)(CCCCS(=O)(=O)[O-])CCCNC(=O)C(F)(F)C(F)(F)F. The summed E-state index contributed by atoms with van der Waals surface area (Å²) in [5.74, 6) is -8.29. The van der Waals surface area contributed by atoms with Crippen molar-refractivity contribution in [3.05, 3.63) is 0 Å². The molecule has 0 aromatic carbocycles. The van der Waals surface area contributed by atoms with Crippen molar-refractivity contribution in [1.82, 2.24) is 5.32 Å². The molecule has 0 radical (unpaired) electrons. The van der Waals surface area contributed by atoms with Gasteiger partial charge in [0.25, 0.3) is 5.91 Å². The van der Waals surface area contributed by atoms with Crippen LogP contribution in [-0.2, 0) is 14.9 Å². The highest BCUT2D eigenvalue weighted by Gasteiger charge is 2.63. The molecule has 0 saturated carbocycles. The number of nitrogens with one attached hydrogen (secondary N) is 1. The minimum Gasteiger partial charge on any atom is -0.748 e. The summed E-state index contributed by atoms with van der Waals surface area (Å²) < 4.78 is 92.9. The zero-order valence-electron chi connectivity index (χ0n) is 13.3. The first-order valence-electron chi connectivity index (χ1n) is 7.07. The third-order valence-electron chi connectivity index (χ3n) is 3.27. The van der Waals surface area contributed by atoms with Crippen LogP contribution < -0.4 is 5.32 Å². The van der Waals surface area contributed by atoms with E-state index in [4.69, 9.17) is 0 Å². The van der Waals surface area contributed by atoms with Crippen LogP contribution in [0, 0.1) is 0 Å². The predicted molar refractivity (Wildman–Crippen MR) is 74.3 cm³/mol. The molecule has 0 unspecified atom stereocenters. The molecule has 1 N–H and O–H groups in total. The topological polar surface area (TPSA) is 86.3 Å². The monoisotopic (exact) mass is 384 g/mol. The van der Waals surface area contributed by atoms with Gasteiger partial charge in [-0.1, -0.05) is 0 Å². The summed E-state index contributed by atoms with van der Waals surface area (Å²) in [7, 11) is -0.770. The van der Waals surface area contributed by atoms with Crippen LogP contribution in [0.15, 0.2) is 0 Å². The van der Waals surface area contributed by atoms with Gasteiger partial charge in [-0.15, -0.1) is 0 Å². The molecule has 0 aliphatic carbocycles. The Labute approximate surface area is 137 Å². The molecule has 12 heteroatoms. The van der Waals surface area contributed by atoms with Gasteiger partial charge in [0, 0.05) is 18.7 Å². The average Bonchev–Trinajstić information content (AvgIpc) is 2.37. The lowest BCUT2D eigenvalue weighted by Crippen LogP contribution is -2.51. The molecular weight excluding hydrogens is 363 g/mol. The molecule has 144 valence electrons. The van der Waals surface area contributed by atoms with E-state index in [0.717, 1.165) is 0 Å². The molecule has 0 fully saturated rings. The zero-order chi connectivity index (χ0) is 19.2. The van der Waals surface area contributed by atoms with Crippen LogP contribution in [-0.4, -0.2) is 74.9 Å². The Morgan fingerprint density at radius 3 is 2.00 bits per heavy atom. The largest absolute Gasteiger partial charge is 0.748 e. The molecule has 0 aliphatic heterocycles. The van der Waals surface area contributed by atoms with Gasteiger partial charge in [0.1, 0.15) is 0 Å². The molecule has 0 heterocycles. The number of halogens is 5. The lowest BCUT2D eigenvalue weighted by molar-refractivity contribution is -0.890. The van der Waals surface area contributed by atoms with Gasteiger partial charge in [0.15, 0.2) is 0 Å². The van der Waals surface area contributed by atoms with Crippen LogP contribution in [0.2, 0.25) is 0 Å². The molecule has 0 aromatic rings. The van der Waals surface area contributed by atoms with E-state index in [1.54, 1.807) is 19.4 Å². The predicted octanol–water partition coefficient (Wildman–Crippen LogP) is 1.09. The lowest BCUT2D eigenvalue weighted by Gasteiger charge is -2.30. The van der Waals surface area contributed by atoms with Crippen molar-refractivity contribution in [2.24, 2.45) is 0 Å². The van der Waals surface area contributed by atoms with Gasteiger partial charge in [0.05, 0.1) is 37.3 Å². The smallest absolute Gasteiger partial charge is 0.463 e. The number of nitrogens with zero attached hydrogens (tertiary/aromatic N) is 1. The van der Waals surface area contributed by atoms with Crippen molar-refractivity contribution in [2.75, 3.05) is 39.5 Å². The van der Waals surface area contributed by atoms with E-state index < -0.39 is 33.9 Å². The van der Waals surface area contributed by atoms with Crippen LogP contribution in [0.1, 0.15) is 19.3 Å². The molecule has 24 heavy (non-hydrogen) atoms. The molecule has 0 atom stereocenters. The van der Waals surface area contributed by atoms with Crippen molar-refractivity contribution in [3.63, 3.8) is 0 Å². The van der Waals surface area contributed by atoms with Crippen LogP contribution in [0.25, 0.3) is 0 Å². The standard InChI is InChI=1S/C12H21F5N2O4S/c1-19(2,7-3-4-9-24(21,22)23)8-5-6-18-10(20)11(13,14)12(15,16)17/h3-9H2,1-2H3,(H-,18,20,21,22,23). The van der Waals surface area contributed by atoms with E-state index in [1.807, 2.05) is 0 Å². The number of unbranched alkanes of at least 4 members (excludes halogenated alkanes) is 1. The summed E-state index contributed by atoms with van der Waals surface area (Å²) in [6.07, 6.45) is -5.16. The second-order valence-electron chi connectivity index (χ2n) is 6.03. The highest BCUT2D eigenvalue weighted by atomic mass is 32.2.